The molecule has 2 aromatic rings. The van der Waals surface area contributed by atoms with E-state index < -0.39 is 0 Å². The number of aromatic nitrogens is 1. The molecule has 1 saturated heterocycles. The van der Waals surface area contributed by atoms with Gasteiger partial charge in [0.25, 0.3) is 0 Å². The summed E-state index contributed by atoms with van der Waals surface area (Å²) in [5.41, 5.74) is 0.922. The Hall–Kier alpha value is -1.78. The standard InChI is InChI=1S/C21H26Cl2N6O.HI/c1-24-21(27-15-16-5-6-17(22)14-18(16)23)26-9-7-20(30)29-12-10-28(11-13-29)19-4-2-3-8-25-19;/h2-6,8,14H,7,9-13,15H2,1H3,(H2,24,26,27);1H. The highest BCUT2D eigenvalue weighted by Gasteiger charge is 2.21. The number of anilines is 1. The van der Waals surface area contributed by atoms with Gasteiger partial charge in [-0.25, -0.2) is 4.98 Å². The molecule has 0 radical (unpaired) electrons. The summed E-state index contributed by atoms with van der Waals surface area (Å²) in [4.78, 5) is 25.2. The lowest BCUT2D eigenvalue weighted by Gasteiger charge is -2.35. The minimum atomic E-state index is 0. The van der Waals surface area contributed by atoms with E-state index in [2.05, 4.69) is 25.5 Å². The molecule has 1 aromatic heterocycles. The Labute approximate surface area is 210 Å². The topological polar surface area (TPSA) is 72.9 Å². The van der Waals surface area contributed by atoms with Gasteiger partial charge in [0.15, 0.2) is 5.96 Å². The van der Waals surface area contributed by atoms with Crippen molar-refractivity contribution < 1.29 is 4.79 Å². The molecule has 0 unspecified atom stereocenters. The number of pyridine rings is 1. The average molecular weight is 577 g/mol. The van der Waals surface area contributed by atoms with Crippen LogP contribution < -0.4 is 15.5 Å². The average Bonchev–Trinajstić information content (AvgIpc) is 2.77. The van der Waals surface area contributed by atoms with Crippen molar-refractivity contribution in [1.82, 2.24) is 20.5 Å². The van der Waals surface area contributed by atoms with Crippen molar-refractivity contribution >= 4 is 64.9 Å². The summed E-state index contributed by atoms with van der Waals surface area (Å²) in [7, 11) is 1.69. The molecule has 1 fully saturated rings. The van der Waals surface area contributed by atoms with Gasteiger partial charge in [0.1, 0.15) is 5.82 Å². The Kier molecular flexibility index (Phi) is 10.6. The fourth-order valence-electron chi connectivity index (χ4n) is 3.24. The quantitative estimate of drug-likeness (QED) is 0.313. The third-order valence-corrected chi connectivity index (χ3v) is 5.51. The van der Waals surface area contributed by atoms with Crippen LogP contribution in [0.1, 0.15) is 12.0 Å². The second kappa shape index (κ2) is 12.9. The summed E-state index contributed by atoms with van der Waals surface area (Å²) < 4.78 is 0. The van der Waals surface area contributed by atoms with Gasteiger partial charge >= 0.3 is 0 Å². The summed E-state index contributed by atoms with van der Waals surface area (Å²) in [5.74, 6) is 1.72. The predicted molar refractivity (Wildman–Crippen MR) is 138 cm³/mol. The van der Waals surface area contributed by atoms with Crippen LogP contribution >= 0.6 is 47.2 Å². The zero-order valence-corrected chi connectivity index (χ0v) is 21.2. The lowest BCUT2D eigenvalue weighted by molar-refractivity contribution is -0.131. The Morgan fingerprint density at radius 2 is 1.90 bits per heavy atom. The van der Waals surface area contributed by atoms with Gasteiger partial charge in [-0.15, -0.1) is 24.0 Å². The normalized spacial score (nSPS) is 14.1. The van der Waals surface area contributed by atoms with Crippen LogP contribution in [0.5, 0.6) is 0 Å². The Balaban J connectivity index is 0.00000341. The largest absolute Gasteiger partial charge is 0.356 e. The maximum atomic E-state index is 12.5. The maximum absolute atomic E-state index is 12.5. The first-order valence-corrected chi connectivity index (χ1v) is 10.6. The van der Waals surface area contributed by atoms with Crippen molar-refractivity contribution in [2.75, 3.05) is 44.7 Å². The molecule has 2 N–H and O–H groups in total. The van der Waals surface area contributed by atoms with Crippen molar-refractivity contribution in [3.63, 3.8) is 0 Å². The highest BCUT2D eigenvalue weighted by molar-refractivity contribution is 14.0. The number of hydrogen-bond donors (Lipinski definition) is 2. The van der Waals surface area contributed by atoms with E-state index in [0.29, 0.717) is 48.6 Å². The zero-order chi connectivity index (χ0) is 21.3. The highest BCUT2D eigenvalue weighted by atomic mass is 127. The molecule has 0 atom stereocenters. The fourth-order valence-corrected chi connectivity index (χ4v) is 3.71. The summed E-state index contributed by atoms with van der Waals surface area (Å²) >= 11 is 12.1. The first-order valence-electron chi connectivity index (χ1n) is 9.89. The van der Waals surface area contributed by atoms with Gasteiger partial charge < -0.3 is 20.4 Å². The number of aliphatic imine (C=N–C) groups is 1. The van der Waals surface area contributed by atoms with Crippen LogP contribution in [0.3, 0.4) is 0 Å². The Morgan fingerprint density at radius 1 is 1.13 bits per heavy atom. The number of benzene rings is 1. The molecule has 1 amide bonds. The van der Waals surface area contributed by atoms with E-state index in [1.807, 2.05) is 29.2 Å². The van der Waals surface area contributed by atoms with Gasteiger partial charge in [0, 0.05) is 69.0 Å². The number of piperazine rings is 1. The number of nitrogens with zero attached hydrogens (tertiary/aromatic N) is 4. The number of amides is 1. The molecular formula is C21H27Cl2IN6O. The molecular weight excluding hydrogens is 550 g/mol. The summed E-state index contributed by atoms with van der Waals surface area (Å²) in [5, 5.41) is 7.58. The molecule has 0 aliphatic carbocycles. The van der Waals surface area contributed by atoms with E-state index in [4.69, 9.17) is 23.2 Å². The van der Waals surface area contributed by atoms with Crippen molar-refractivity contribution in [2.24, 2.45) is 4.99 Å². The number of rotatable bonds is 6. The molecule has 1 aromatic carbocycles. The van der Waals surface area contributed by atoms with E-state index >= 15 is 0 Å². The third-order valence-electron chi connectivity index (χ3n) is 4.92. The van der Waals surface area contributed by atoms with Crippen molar-refractivity contribution in [2.45, 2.75) is 13.0 Å². The second-order valence-corrected chi connectivity index (χ2v) is 7.74. The molecule has 0 saturated carbocycles. The minimum Gasteiger partial charge on any atom is -0.356 e. The second-order valence-electron chi connectivity index (χ2n) is 6.89. The van der Waals surface area contributed by atoms with E-state index in [-0.39, 0.29) is 29.9 Å². The van der Waals surface area contributed by atoms with Gasteiger partial charge in [-0.1, -0.05) is 35.3 Å². The van der Waals surface area contributed by atoms with Crippen LogP contribution in [0, 0.1) is 0 Å². The van der Waals surface area contributed by atoms with Crippen LogP contribution in [0.2, 0.25) is 10.0 Å². The number of nitrogens with one attached hydrogen (secondary N) is 2. The zero-order valence-electron chi connectivity index (χ0n) is 17.4. The smallest absolute Gasteiger partial charge is 0.224 e. The van der Waals surface area contributed by atoms with E-state index in [1.54, 1.807) is 25.4 Å². The number of halogens is 3. The van der Waals surface area contributed by atoms with Crippen molar-refractivity contribution in [3.05, 3.63) is 58.2 Å². The van der Waals surface area contributed by atoms with Crippen molar-refractivity contribution in [3.8, 4) is 0 Å². The summed E-state index contributed by atoms with van der Waals surface area (Å²) in [6.07, 6.45) is 2.20. The van der Waals surface area contributed by atoms with Crippen molar-refractivity contribution in [1.29, 1.82) is 0 Å². The van der Waals surface area contributed by atoms with Gasteiger partial charge in [0.2, 0.25) is 5.91 Å². The third kappa shape index (κ3) is 7.69. The lowest BCUT2D eigenvalue weighted by atomic mass is 10.2. The van der Waals surface area contributed by atoms with Gasteiger partial charge in [-0.2, -0.15) is 0 Å². The molecule has 0 bridgehead atoms. The van der Waals surface area contributed by atoms with Gasteiger partial charge in [-0.3, -0.25) is 9.79 Å². The SMILES string of the molecule is CN=C(NCCC(=O)N1CCN(c2ccccn2)CC1)NCc1ccc(Cl)cc1Cl.I. The monoisotopic (exact) mass is 576 g/mol. The van der Waals surface area contributed by atoms with Gasteiger partial charge in [-0.05, 0) is 29.8 Å². The Bertz CT molecular complexity index is 875. The number of guanidine groups is 1. The van der Waals surface area contributed by atoms with Crippen LogP contribution in [-0.2, 0) is 11.3 Å². The molecule has 0 spiro atoms. The lowest BCUT2D eigenvalue weighted by Crippen LogP contribution is -2.49. The molecule has 2 heterocycles. The van der Waals surface area contributed by atoms with E-state index in [1.165, 1.54) is 0 Å². The summed E-state index contributed by atoms with van der Waals surface area (Å²) in [6, 6.07) is 11.3. The molecule has 3 rings (SSSR count). The maximum Gasteiger partial charge on any atom is 0.224 e. The van der Waals surface area contributed by atoms with E-state index in [9.17, 15) is 4.79 Å². The number of hydrogen-bond acceptors (Lipinski definition) is 4. The molecule has 1 aliphatic heterocycles. The van der Waals surface area contributed by atoms with Crippen LogP contribution in [-0.4, -0.2) is 61.5 Å². The number of carbonyl (C=O) groups is 1. The van der Waals surface area contributed by atoms with E-state index in [0.717, 1.165) is 24.5 Å². The summed E-state index contributed by atoms with van der Waals surface area (Å²) in [6.45, 7) is 4.02. The Morgan fingerprint density at radius 3 is 2.55 bits per heavy atom. The van der Waals surface area contributed by atoms with Crippen LogP contribution in [0.4, 0.5) is 5.82 Å². The minimum absolute atomic E-state index is 0. The molecule has 31 heavy (non-hydrogen) atoms. The molecule has 7 nitrogen and oxygen atoms in total. The highest BCUT2D eigenvalue weighted by Crippen LogP contribution is 2.20. The van der Waals surface area contributed by atoms with Crippen LogP contribution in [0.25, 0.3) is 0 Å². The van der Waals surface area contributed by atoms with Gasteiger partial charge in [0.05, 0.1) is 0 Å². The predicted octanol–water partition coefficient (Wildman–Crippen LogP) is 3.41. The fraction of sp³-hybridized carbons (Fsp3) is 0.381. The first kappa shape index (κ1) is 25.5. The van der Waals surface area contributed by atoms with Crippen LogP contribution in [0.15, 0.2) is 47.6 Å². The molecule has 10 heteroatoms. The first-order chi connectivity index (χ1) is 14.6. The molecule has 168 valence electrons. The number of carbonyl (C=O) groups excluding carboxylic acids is 1. The molecule has 1 aliphatic rings.